The van der Waals surface area contributed by atoms with Gasteiger partial charge in [0.1, 0.15) is 0 Å². The van der Waals surface area contributed by atoms with Gasteiger partial charge < -0.3 is 14.2 Å². The van der Waals surface area contributed by atoms with Crippen LogP contribution in [0.2, 0.25) is 0 Å². The van der Waals surface area contributed by atoms with Crippen LogP contribution in [0.4, 0.5) is 9.59 Å². The van der Waals surface area contributed by atoms with Crippen molar-refractivity contribution in [3.8, 4) is 0 Å². The Kier molecular flexibility index (Phi) is 13.4. The smallest absolute Gasteiger partial charge is 0.434 e. The first-order valence-corrected chi connectivity index (χ1v) is 7.07. The molecule has 0 saturated carbocycles. The highest BCUT2D eigenvalue weighted by atomic mass is 16.8. The lowest BCUT2D eigenvalue weighted by molar-refractivity contribution is 0.0409. The molecule has 0 N–H and O–H groups in total. The maximum Gasteiger partial charge on any atom is 0.518 e. The van der Waals surface area contributed by atoms with Gasteiger partial charge in [0, 0.05) is 12.1 Å². The van der Waals surface area contributed by atoms with E-state index >= 15 is 0 Å². The predicted octanol–water partition coefficient (Wildman–Crippen LogP) is 3.44. The lowest BCUT2D eigenvalue weighted by atomic mass is 10.2. The van der Waals surface area contributed by atoms with Crippen molar-refractivity contribution in [2.45, 2.75) is 60.5 Å². The van der Waals surface area contributed by atoms with Crippen molar-refractivity contribution in [1.29, 1.82) is 0 Å². The summed E-state index contributed by atoms with van der Waals surface area (Å²) in [4.78, 5) is 23.2. The maximum atomic E-state index is 10.4. The molecule has 0 aliphatic rings. The van der Waals surface area contributed by atoms with Gasteiger partial charge in [0.05, 0.1) is 13.2 Å². The van der Waals surface area contributed by atoms with E-state index in [9.17, 15) is 9.59 Å². The van der Waals surface area contributed by atoms with Gasteiger partial charge in [0.2, 0.25) is 0 Å². The van der Waals surface area contributed by atoms with Crippen LogP contribution in [0.15, 0.2) is 0 Å². The summed E-state index contributed by atoms with van der Waals surface area (Å²) in [6.45, 7) is 15.9. The molecular formula is C14H29NO5. The number of nitrogens with zero attached hydrogens (tertiary/aromatic N) is 1. The highest BCUT2D eigenvalue weighted by Gasteiger charge is 2.10. The molecule has 0 aromatic heterocycles. The molecule has 0 aliphatic carbocycles. The van der Waals surface area contributed by atoms with Gasteiger partial charge >= 0.3 is 12.3 Å². The summed E-state index contributed by atoms with van der Waals surface area (Å²) in [6, 6.07) is 1.38. The van der Waals surface area contributed by atoms with Crippen LogP contribution in [-0.2, 0) is 14.2 Å². The third kappa shape index (κ3) is 11.8. The zero-order valence-electron chi connectivity index (χ0n) is 13.8. The minimum Gasteiger partial charge on any atom is -0.434 e. The molecule has 20 heavy (non-hydrogen) atoms. The fourth-order valence-corrected chi connectivity index (χ4v) is 1.69. The van der Waals surface area contributed by atoms with E-state index in [1.54, 1.807) is 13.8 Å². The summed E-state index contributed by atoms with van der Waals surface area (Å²) in [5, 5.41) is 0. The molecule has 120 valence electrons. The summed E-state index contributed by atoms with van der Waals surface area (Å²) < 4.78 is 12.6. The molecule has 0 amide bonds. The van der Waals surface area contributed by atoms with Crippen molar-refractivity contribution in [2.24, 2.45) is 0 Å². The fourth-order valence-electron chi connectivity index (χ4n) is 1.69. The van der Waals surface area contributed by atoms with Crippen LogP contribution < -0.4 is 0 Å². The average Bonchev–Trinajstić information content (AvgIpc) is 2.29. The van der Waals surface area contributed by atoms with E-state index < -0.39 is 12.3 Å². The monoisotopic (exact) mass is 291 g/mol. The van der Waals surface area contributed by atoms with Crippen molar-refractivity contribution in [1.82, 2.24) is 4.90 Å². The Hall–Kier alpha value is -1.30. The first-order chi connectivity index (χ1) is 9.29. The molecule has 0 aromatic carbocycles. The normalized spacial score (nSPS) is 10.1. The fraction of sp³-hybridized carbons (Fsp3) is 0.857. The highest BCUT2D eigenvalue weighted by molar-refractivity contribution is 5.76. The van der Waals surface area contributed by atoms with E-state index in [2.05, 4.69) is 53.7 Å². The SMILES string of the molecule is CCN(C(C)C)C(C)C.CCOC(=O)OC(=O)OCC. The number of hydrogen-bond acceptors (Lipinski definition) is 6. The van der Waals surface area contributed by atoms with Crippen LogP contribution in [0.1, 0.15) is 48.5 Å². The Morgan fingerprint density at radius 3 is 1.35 bits per heavy atom. The van der Waals surface area contributed by atoms with Gasteiger partial charge in [0.25, 0.3) is 0 Å². The summed E-state index contributed by atoms with van der Waals surface area (Å²) in [5.41, 5.74) is 0. The lowest BCUT2D eigenvalue weighted by Crippen LogP contribution is -2.36. The molecule has 0 spiro atoms. The second-order valence-corrected chi connectivity index (χ2v) is 4.49. The van der Waals surface area contributed by atoms with E-state index in [0.29, 0.717) is 12.1 Å². The molecular weight excluding hydrogens is 262 g/mol. The molecule has 0 bridgehead atoms. The quantitative estimate of drug-likeness (QED) is 0.571. The Balaban J connectivity index is 0. The second-order valence-electron chi connectivity index (χ2n) is 4.49. The first kappa shape index (κ1) is 21.0. The van der Waals surface area contributed by atoms with Crippen molar-refractivity contribution >= 4 is 12.3 Å². The zero-order valence-corrected chi connectivity index (χ0v) is 13.8. The lowest BCUT2D eigenvalue weighted by Gasteiger charge is -2.28. The molecule has 0 atom stereocenters. The third-order valence-corrected chi connectivity index (χ3v) is 2.38. The van der Waals surface area contributed by atoms with Crippen molar-refractivity contribution in [3.05, 3.63) is 0 Å². The van der Waals surface area contributed by atoms with Gasteiger partial charge in [-0.3, -0.25) is 4.90 Å². The number of rotatable bonds is 5. The second kappa shape index (κ2) is 12.7. The van der Waals surface area contributed by atoms with Crippen LogP contribution in [0, 0.1) is 0 Å². The van der Waals surface area contributed by atoms with Gasteiger partial charge in [-0.25, -0.2) is 9.59 Å². The molecule has 0 aliphatic heterocycles. The maximum absolute atomic E-state index is 10.4. The summed E-state index contributed by atoms with van der Waals surface area (Å²) in [7, 11) is 0. The number of carbonyl (C=O) groups is 2. The van der Waals surface area contributed by atoms with Crippen LogP contribution in [-0.4, -0.2) is 49.1 Å². The average molecular weight is 291 g/mol. The third-order valence-electron chi connectivity index (χ3n) is 2.38. The van der Waals surface area contributed by atoms with Crippen LogP contribution in [0.25, 0.3) is 0 Å². The standard InChI is InChI=1S/C8H19N.C6H10O5/c1-6-9(7(2)3)8(4)5;1-3-9-5(7)11-6(8)10-4-2/h7-8H,6H2,1-5H3;3-4H2,1-2H3. The summed E-state index contributed by atoms with van der Waals surface area (Å²) >= 11 is 0. The predicted molar refractivity (Wildman–Crippen MR) is 77.8 cm³/mol. The van der Waals surface area contributed by atoms with E-state index in [1.807, 2.05) is 0 Å². The van der Waals surface area contributed by atoms with Crippen LogP contribution in [0.3, 0.4) is 0 Å². The summed E-state index contributed by atoms with van der Waals surface area (Å²) in [5.74, 6) is 0. The molecule has 0 unspecified atom stereocenters. The van der Waals surface area contributed by atoms with Gasteiger partial charge in [0.15, 0.2) is 0 Å². The summed E-state index contributed by atoms with van der Waals surface area (Å²) in [6.07, 6.45) is -2.07. The zero-order chi connectivity index (χ0) is 16.1. The van der Waals surface area contributed by atoms with Gasteiger partial charge in [-0.15, -0.1) is 0 Å². The number of ether oxygens (including phenoxy) is 3. The van der Waals surface area contributed by atoms with Crippen molar-refractivity contribution < 1.29 is 23.8 Å². The molecule has 0 rings (SSSR count). The Morgan fingerprint density at radius 1 is 0.850 bits per heavy atom. The molecule has 6 heteroatoms. The molecule has 0 saturated heterocycles. The van der Waals surface area contributed by atoms with Crippen LogP contribution in [0.5, 0.6) is 0 Å². The van der Waals surface area contributed by atoms with Crippen molar-refractivity contribution in [3.63, 3.8) is 0 Å². The van der Waals surface area contributed by atoms with E-state index in [4.69, 9.17) is 0 Å². The van der Waals surface area contributed by atoms with Gasteiger partial charge in [-0.1, -0.05) is 6.92 Å². The Labute approximate surface area is 122 Å². The largest absolute Gasteiger partial charge is 0.518 e. The molecule has 6 nitrogen and oxygen atoms in total. The Bertz CT molecular complexity index is 242. The van der Waals surface area contributed by atoms with Crippen molar-refractivity contribution in [2.75, 3.05) is 19.8 Å². The van der Waals surface area contributed by atoms with Gasteiger partial charge in [-0.2, -0.15) is 0 Å². The molecule has 0 aromatic rings. The number of hydrogen-bond donors (Lipinski definition) is 0. The minimum absolute atomic E-state index is 0.165. The van der Waals surface area contributed by atoms with E-state index in [-0.39, 0.29) is 13.2 Å². The highest BCUT2D eigenvalue weighted by Crippen LogP contribution is 2.02. The molecule has 0 heterocycles. The minimum atomic E-state index is -1.04. The molecule has 0 radical (unpaired) electrons. The van der Waals surface area contributed by atoms with Crippen LogP contribution >= 0.6 is 0 Å². The van der Waals surface area contributed by atoms with E-state index in [1.165, 1.54) is 0 Å². The first-order valence-electron chi connectivity index (χ1n) is 7.07. The van der Waals surface area contributed by atoms with Gasteiger partial charge in [-0.05, 0) is 48.1 Å². The molecule has 0 fully saturated rings. The Morgan fingerprint density at radius 2 is 1.20 bits per heavy atom. The topological polar surface area (TPSA) is 65.1 Å². The number of carbonyl (C=O) groups excluding carboxylic acids is 2. The van der Waals surface area contributed by atoms with E-state index in [0.717, 1.165) is 6.54 Å².